The summed E-state index contributed by atoms with van der Waals surface area (Å²) in [6, 6.07) is 6.50. The Morgan fingerprint density at radius 3 is 2.76 bits per heavy atom. The highest BCUT2D eigenvalue weighted by molar-refractivity contribution is 5.74. The highest BCUT2D eigenvalue weighted by Gasteiger charge is 2.19. The van der Waals surface area contributed by atoms with E-state index in [-0.39, 0.29) is 0 Å². The van der Waals surface area contributed by atoms with Crippen LogP contribution in [0.3, 0.4) is 0 Å². The topological polar surface area (TPSA) is 78.0 Å². The Balaban J connectivity index is 2.03. The molecule has 0 saturated carbocycles. The van der Waals surface area contributed by atoms with Gasteiger partial charge in [-0.25, -0.2) is 0 Å². The number of aromatic nitrogens is 2. The van der Waals surface area contributed by atoms with Crippen LogP contribution in [-0.4, -0.2) is 21.0 Å². The number of carbonyl (C=O) groups is 1. The largest absolute Gasteiger partial charge is 0.480 e. The van der Waals surface area contributed by atoms with Crippen molar-refractivity contribution in [1.82, 2.24) is 15.3 Å². The molecule has 0 aliphatic carbocycles. The van der Waals surface area contributed by atoms with Crippen molar-refractivity contribution in [2.45, 2.75) is 12.6 Å². The van der Waals surface area contributed by atoms with Crippen LogP contribution < -0.4 is 5.32 Å². The highest BCUT2D eigenvalue weighted by Crippen LogP contribution is 2.11. The maximum Gasteiger partial charge on any atom is 0.326 e. The summed E-state index contributed by atoms with van der Waals surface area (Å²) in [6.07, 6.45) is 5.07. The summed E-state index contributed by atoms with van der Waals surface area (Å²) >= 11 is 0. The molecule has 2 heterocycles. The molecule has 0 radical (unpaired) electrons. The average molecular weight is 231 g/mol. The fourth-order valence-electron chi connectivity index (χ4n) is 1.57. The number of H-pyrrole nitrogens is 1. The second-order valence-corrected chi connectivity index (χ2v) is 3.63. The molecule has 88 valence electrons. The van der Waals surface area contributed by atoms with Gasteiger partial charge < -0.3 is 10.1 Å². The van der Waals surface area contributed by atoms with E-state index in [1.165, 1.54) is 0 Å². The smallest absolute Gasteiger partial charge is 0.326 e. The monoisotopic (exact) mass is 231 g/mol. The number of aliphatic carboxylic acids is 1. The lowest BCUT2D eigenvalue weighted by molar-refractivity contribution is -0.139. The lowest BCUT2D eigenvalue weighted by atomic mass is 10.2. The quantitative estimate of drug-likeness (QED) is 0.725. The first-order chi connectivity index (χ1) is 8.27. The normalized spacial score (nSPS) is 12.2. The molecule has 1 atom stereocenters. The zero-order valence-electron chi connectivity index (χ0n) is 9.13. The Kier molecular flexibility index (Phi) is 3.52. The van der Waals surface area contributed by atoms with E-state index in [9.17, 15) is 4.79 Å². The van der Waals surface area contributed by atoms with Gasteiger partial charge in [-0.15, -0.1) is 0 Å². The molecule has 0 aromatic carbocycles. The van der Waals surface area contributed by atoms with Crippen LogP contribution in [0.2, 0.25) is 0 Å². The summed E-state index contributed by atoms with van der Waals surface area (Å²) in [5.41, 5.74) is 1.64. The molecular formula is C12H13N3O2. The summed E-state index contributed by atoms with van der Waals surface area (Å²) in [7, 11) is 0. The molecule has 0 fully saturated rings. The summed E-state index contributed by atoms with van der Waals surface area (Å²) in [4.78, 5) is 17.9. The van der Waals surface area contributed by atoms with Gasteiger partial charge >= 0.3 is 5.97 Å². The molecule has 0 bridgehead atoms. The first-order valence-electron chi connectivity index (χ1n) is 5.26. The Bertz CT molecular complexity index is 468. The molecule has 17 heavy (non-hydrogen) atoms. The average Bonchev–Trinajstić information content (AvgIpc) is 2.84. The van der Waals surface area contributed by atoms with Crippen LogP contribution in [0.5, 0.6) is 0 Å². The van der Waals surface area contributed by atoms with E-state index in [0.29, 0.717) is 12.2 Å². The van der Waals surface area contributed by atoms with Crippen LogP contribution in [0.4, 0.5) is 0 Å². The zero-order valence-corrected chi connectivity index (χ0v) is 9.13. The minimum Gasteiger partial charge on any atom is -0.480 e. The van der Waals surface area contributed by atoms with Gasteiger partial charge in [0, 0.05) is 30.8 Å². The fourth-order valence-corrected chi connectivity index (χ4v) is 1.57. The molecule has 0 aliphatic rings. The molecule has 0 amide bonds. The number of nitrogens with one attached hydrogen (secondary N) is 2. The number of hydrogen-bond acceptors (Lipinski definition) is 3. The van der Waals surface area contributed by atoms with Crippen molar-refractivity contribution in [1.29, 1.82) is 0 Å². The molecule has 3 N–H and O–H groups in total. The number of hydrogen-bond donors (Lipinski definition) is 3. The Hall–Kier alpha value is -2.14. The molecule has 0 spiro atoms. The number of aromatic amines is 1. The second-order valence-electron chi connectivity index (χ2n) is 3.63. The van der Waals surface area contributed by atoms with Gasteiger partial charge in [-0.1, -0.05) is 0 Å². The van der Waals surface area contributed by atoms with Crippen molar-refractivity contribution in [3.63, 3.8) is 0 Å². The van der Waals surface area contributed by atoms with Crippen molar-refractivity contribution >= 4 is 5.97 Å². The third-order valence-electron chi connectivity index (χ3n) is 2.44. The van der Waals surface area contributed by atoms with Gasteiger partial charge in [0.1, 0.15) is 6.04 Å². The summed E-state index contributed by atoms with van der Waals surface area (Å²) in [5.74, 6) is -0.901. The third-order valence-corrected chi connectivity index (χ3v) is 2.44. The predicted molar refractivity (Wildman–Crippen MR) is 62.2 cm³/mol. The van der Waals surface area contributed by atoms with Gasteiger partial charge in [0.05, 0.1) is 0 Å². The molecule has 5 heteroatoms. The van der Waals surface area contributed by atoms with E-state index < -0.39 is 12.0 Å². The predicted octanol–water partition coefficient (Wildman–Crippen LogP) is 1.33. The summed E-state index contributed by atoms with van der Waals surface area (Å²) in [6.45, 7) is 0.485. The molecule has 0 saturated heterocycles. The second kappa shape index (κ2) is 5.27. The number of carboxylic acid groups (broad SMARTS) is 1. The Morgan fingerprint density at radius 1 is 1.41 bits per heavy atom. The lowest BCUT2D eigenvalue weighted by Gasteiger charge is -2.12. The standard InChI is InChI=1S/C12H13N3O2/c16-12(17)11(10-2-1-5-14-10)15-8-9-3-6-13-7-4-9/h1-7,11,14-15H,8H2,(H,16,17). The molecule has 2 aromatic heterocycles. The zero-order chi connectivity index (χ0) is 12.1. The van der Waals surface area contributed by atoms with Crippen LogP contribution in [0.1, 0.15) is 17.3 Å². The summed E-state index contributed by atoms with van der Waals surface area (Å²) in [5, 5.41) is 12.1. The summed E-state index contributed by atoms with van der Waals surface area (Å²) < 4.78 is 0. The van der Waals surface area contributed by atoms with Gasteiger partial charge in [0.25, 0.3) is 0 Å². The molecule has 0 aliphatic heterocycles. The van der Waals surface area contributed by atoms with E-state index >= 15 is 0 Å². The minimum absolute atomic E-state index is 0.485. The van der Waals surface area contributed by atoms with Gasteiger partial charge in [-0.05, 0) is 29.8 Å². The van der Waals surface area contributed by atoms with Crippen LogP contribution in [0.25, 0.3) is 0 Å². The van der Waals surface area contributed by atoms with E-state index in [2.05, 4.69) is 15.3 Å². The SMILES string of the molecule is O=C(O)C(NCc1ccncc1)c1ccc[nH]1. The van der Waals surface area contributed by atoms with E-state index in [1.807, 2.05) is 12.1 Å². The Morgan fingerprint density at radius 2 is 2.18 bits per heavy atom. The van der Waals surface area contributed by atoms with Crippen LogP contribution in [0.15, 0.2) is 42.9 Å². The first-order valence-corrected chi connectivity index (χ1v) is 5.26. The van der Waals surface area contributed by atoms with Gasteiger partial charge in [0.2, 0.25) is 0 Å². The van der Waals surface area contributed by atoms with Crippen LogP contribution in [-0.2, 0) is 11.3 Å². The third kappa shape index (κ3) is 2.92. The maximum absolute atomic E-state index is 11.1. The van der Waals surface area contributed by atoms with Crippen molar-refractivity contribution < 1.29 is 9.90 Å². The van der Waals surface area contributed by atoms with Gasteiger partial charge in [-0.3, -0.25) is 15.1 Å². The molecule has 5 nitrogen and oxygen atoms in total. The number of carboxylic acids is 1. The Labute approximate surface area is 98.5 Å². The highest BCUT2D eigenvalue weighted by atomic mass is 16.4. The number of rotatable bonds is 5. The number of pyridine rings is 1. The van der Waals surface area contributed by atoms with Crippen LogP contribution in [0, 0.1) is 0 Å². The van der Waals surface area contributed by atoms with Crippen molar-refractivity contribution in [2.24, 2.45) is 0 Å². The lowest BCUT2D eigenvalue weighted by Crippen LogP contribution is -2.28. The van der Waals surface area contributed by atoms with Gasteiger partial charge in [-0.2, -0.15) is 0 Å². The van der Waals surface area contributed by atoms with E-state index in [0.717, 1.165) is 5.56 Å². The minimum atomic E-state index is -0.901. The van der Waals surface area contributed by atoms with Crippen molar-refractivity contribution in [3.8, 4) is 0 Å². The number of nitrogens with zero attached hydrogens (tertiary/aromatic N) is 1. The molecular weight excluding hydrogens is 218 g/mol. The van der Waals surface area contributed by atoms with Gasteiger partial charge in [0.15, 0.2) is 0 Å². The van der Waals surface area contributed by atoms with Crippen LogP contribution >= 0.6 is 0 Å². The maximum atomic E-state index is 11.1. The molecule has 1 unspecified atom stereocenters. The first kappa shape index (κ1) is 11.3. The fraction of sp³-hybridized carbons (Fsp3) is 0.167. The van der Waals surface area contributed by atoms with E-state index in [1.54, 1.807) is 30.7 Å². The van der Waals surface area contributed by atoms with E-state index in [4.69, 9.17) is 5.11 Å². The van der Waals surface area contributed by atoms with Crippen molar-refractivity contribution in [2.75, 3.05) is 0 Å². The van der Waals surface area contributed by atoms with Crippen molar-refractivity contribution in [3.05, 3.63) is 54.1 Å². The molecule has 2 rings (SSSR count). The molecule has 2 aromatic rings.